The zero-order valence-electron chi connectivity index (χ0n) is 15.2. The topological polar surface area (TPSA) is 21.6 Å². The third kappa shape index (κ3) is 2.82. The molecule has 0 saturated heterocycles. The Balaban J connectivity index is 1.86. The lowest BCUT2D eigenvalue weighted by atomic mass is 9.77. The Hall–Kier alpha value is -2.87. The van der Waals surface area contributed by atoms with Crippen molar-refractivity contribution in [3.63, 3.8) is 0 Å². The summed E-state index contributed by atoms with van der Waals surface area (Å²) in [5.74, 6) is 0.747. The highest BCUT2D eigenvalue weighted by molar-refractivity contribution is 5.77. The maximum atomic E-state index is 6.30. The standard InChI is InChI=1S/C24H23NO/c1-18-11-9-10-12-20(18)17-23-24(25-19(2)26-23,21-13-5-3-6-14-21)22-15-7-4-8-16-22/h3-16,23H,17H2,1-2H3. The van der Waals surface area contributed by atoms with Crippen LogP contribution in [0.15, 0.2) is 89.9 Å². The lowest BCUT2D eigenvalue weighted by Crippen LogP contribution is -2.38. The molecule has 0 spiro atoms. The monoisotopic (exact) mass is 341 g/mol. The predicted octanol–water partition coefficient (Wildman–Crippen LogP) is 5.30. The Bertz CT molecular complexity index is 876. The fraction of sp³-hybridized carbons (Fsp3) is 0.208. The highest BCUT2D eigenvalue weighted by Crippen LogP contribution is 2.43. The molecule has 2 heteroatoms. The molecule has 0 amide bonds. The first-order chi connectivity index (χ1) is 12.7. The molecule has 0 bridgehead atoms. The summed E-state index contributed by atoms with van der Waals surface area (Å²) in [7, 11) is 0. The number of hydrogen-bond acceptors (Lipinski definition) is 2. The molecule has 1 unspecified atom stereocenters. The molecule has 0 aromatic heterocycles. The summed E-state index contributed by atoms with van der Waals surface area (Å²) in [6, 6.07) is 29.5. The van der Waals surface area contributed by atoms with Gasteiger partial charge in [0.2, 0.25) is 0 Å². The van der Waals surface area contributed by atoms with Gasteiger partial charge in [-0.25, -0.2) is 4.99 Å². The molecule has 2 nitrogen and oxygen atoms in total. The zero-order valence-corrected chi connectivity index (χ0v) is 15.2. The van der Waals surface area contributed by atoms with E-state index in [-0.39, 0.29) is 6.10 Å². The molecule has 3 aromatic carbocycles. The average Bonchev–Trinajstić information content (AvgIpc) is 3.02. The summed E-state index contributed by atoms with van der Waals surface area (Å²) in [4.78, 5) is 5.06. The summed E-state index contributed by atoms with van der Waals surface area (Å²) < 4.78 is 6.30. The van der Waals surface area contributed by atoms with E-state index in [1.165, 1.54) is 22.3 Å². The third-order valence-corrected chi connectivity index (χ3v) is 5.21. The van der Waals surface area contributed by atoms with Crippen LogP contribution in [0.3, 0.4) is 0 Å². The van der Waals surface area contributed by atoms with Gasteiger partial charge in [-0.1, -0.05) is 84.9 Å². The number of nitrogens with zero attached hydrogens (tertiary/aromatic N) is 1. The van der Waals surface area contributed by atoms with Gasteiger partial charge in [-0.15, -0.1) is 0 Å². The van der Waals surface area contributed by atoms with Gasteiger partial charge >= 0.3 is 0 Å². The molecule has 1 heterocycles. The van der Waals surface area contributed by atoms with Crippen LogP contribution in [-0.4, -0.2) is 12.0 Å². The first kappa shape index (κ1) is 16.6. The molecule has 0 aliphatic carbocycles. The quantitative estimate of drug-likeness (QED) is 0.631. The Morgan fingerprint density at radius 3 is 1.88 bits per heavy atom. The summed E-state index contributed by atoms with van der Waals surface area (Å²) in [6.07, 6.45) is 0.741. The Kier molecular flexibility index (Phi) is 4.34. The van der Waals surface area contributed by atoms with Crippen LogP contribution in [0.2, 0.25) is 0 Å². The third-order valence-electron chi connectivity index (χ3n) is 5.21. The average molecular weight is 341 g/mol. The van der Waals surface area contributed by atoms with E-state index in [4.69, 9.17) is 9.73 Å². The van der Waals surface area contributed by atoms with Crippen LogP contribution in [0, 0.1) is 6.92 Å². The lowest BCUT2D eigenvalue weighted by Gasteiger charge is -2.33. The van der Waals surface area contributed by atoms with Gasteiger partial charge in [-0.3, -0.25) is 0 Å². The van der Waals surface area contributed by atoms with Crippen LogP contribution in [0.1, 0.15) is 29.2 Å². The van der Waals surface area contributed by atoms with Gasteiger partial charge in [0.25, 0.3) is 0 Å². The number of rotatable bonds is 4. The summed E-state index contributed by atoms with van der Waals surface area (Å²) in [5, 5.41) is 0. The Morgan fingerprint density at radius 1 is 0.769 bits per heavy atom. The lowest BCUT2D eigenvalue weighted by molar-refractivity contribution is 0.155. The molecule has 1 aliphatic rings. The van der Waals surface area contributed by atoms with Crippen LogP contribution >= 0.6 is 0 Å². The SMILES string of the molecule is CC1=NC(c2ccccc2)(c2ccccc2)C(Cc2ccccc2C)O1. The molecule has 0 radical (unpaired) electrons. The van der Waals surface area contributed by atoms with Crippen molar-refractivity contribution < 1.29 is 4.74 Å². The van der Waals surface area contributed by atoms with Crippen molar-refractivity contribution in [2.24, 2.45) is 4.99 Å². The molecule has 1 atom stereocenters. The molecule has 130 valence electrons. The fourth-order valence-electron chi connectivity index (χ4n) is 3.92. The van der Waals surface area contributed by atoms with Gasteiger partial charge < -0.3 is 4.74 Å². The Labute approximate surface area is 155 Å². The molecular weight excluding hydrogens is 318 g/mol. The van der Waals surface area contributed by atoms with Gasteiger partial charge in [0.15, 0.2) is 11.4 Å². The number of aliphatic imine (C=N–C) groups is 1. The second kappa shape index (κ2) is 6.80. The van der Waals surface area contributed by atoms with Gasteiger partial charge in [-0.2, -0.15) is 0 Å². The van der Waals surface area contributed by atoms with Crippen LogP contribution < -0.4 is 0 Å². The van der Waals surface area contributed by atoms with Crippen molar-refractivity contribution in [2.75, 3.05) is 0 Å². The summed E-state index contributed by atoms with van der Waals surface area (Å²) in [5.41, 5.74) is 4.41. The molecule has 26 heavy (non-hydrogen) atoms. The first-order valence-corrected chi connectivity index (χ1v) is 9.09. The first-order valence-electron chi connectivity index (χ1n) is 9.09. The molecule has 0 saturated carbocycles. The van der Waals surface area contributed by atoms with E-state index in [1.807, 2.05) is 19.1 Å². The molecular formula is C24H23NO. The van der Waals surface area contributed by atoms with E-state index < -0.39 is 5.54 Å². The minimum atomic E-state index is -0.519. The number of ether oxygens (including phenoxy) is 1. The van der Waals surface area contributed by atoms with Crippen molar-refractivity contribution in [1.82, 2.24) is 0 Å². The number of aryl methyl sites for hydroxylation is 1. The second-order valence-corrected chi connectivity index (χ2v) is 6.87. The van der Waals surface area contributed by atoms with Crippen molar-refractivity contribution in [3.8, 4) is 0 Å². The summed E-state index contributed by atoms with van der Waals surface area (Å²) in [6.45, 7) is 4.11. The van der Waals surface area contributed by atoms with Gasteiger partial charge in [-0.05, 0) is 29.2 Å². The molecule has 1 aliphatic heterocycles. The van der Waals surface area contributed by atoms with E-state index >= 15 is 0 Å². The highest BCUT2D eigenvalue weighted by atomic mass is 16.5. The highest BCUT2D eigenvalue weighted by Gasteiger charge is 2.48. The minimum absolute atomic E-state index is 0.0756. The van der Waals surface area contributed by atoms with Crippen LogP contribution in [-0.2, 0) is 16.7 Å². The normalized spacial score (nSPS) is 18.2. The minimum Gasteiger partial charge on any atom is -0.474 e. The number of benzene rings is 3. The van der Waals surface area contributed by atoms with E-state index in [0.29, 0.717) is 0 Å². The molecule has 3 aromatic rings. The largest absolute Gasteiger partial charge is 0.474 e. The van der Waals surface area contributed by atoms with Crippen LogP contribution in [0.4, 0.5) is 0 Å². The maximum Gasteiger partial charge on any atom is 0.181 e. The Morgan fingerprint density at radius 2 is 1.31 bits per heavy atom. The maximum absolute atomic E-state index is 6.30. The fourth-order valence-corrected chi connectivity index (χ4v) is 3.92. The van der Waals surface area contributed by atoms with E-state index in [1.54, 1.807) is 0 Å². The van der Waals surface area contributed by atoms with Crippen molar-refractivity contribution in [3.05, 3.63) is 107 Å². The van der Waals surface area contributed by atoms with Gasteiger partial charge in [0.1, 0.15) is 6.10 Å². The van der Waals surface area contributed by atoms with Crippen molar-refractivity contribution in [1.29, 1.82) is 0 Å². The van der Waals surface area contributed by atoms with Gasteiger partial charge in [0, 0.05) is 13.3 Å². The molecule has 0 N–H and O–H groups in total. The molecule has 4 rings (SSSR count). The van der Waals surface area contributed by atoms with Crippen LogP contribution in [0.5, 0.6) is 0 Å². The van der Waals surface area contributed by atoms with E-state index in [0.717, 1.165) is 12.3 Å². The van der Waals surface area contributed by atoms with E-state index in [2.05, 4.69) is 79.7 Å². The van der Waals surface area contributed by atoms with Crippen LogP contribution in [0.25, 0.3) is 0 Å². The smallest absolute Gasteiger partial charge is 0.181 e. The number of hydrogen-bond donors (Lipinski definition) is 0. The predicted molar refractivity (Wildman–Crippen MR) is 107 cm³/mol. The van der Waals surface area contributed by atoms with Gasteiger partial charge in [0.05, 0.1) is 0 Å². The molecule has 0 fully saturated rings. The second-order valence-electron chi connectivity index (χ2n) is 6.87. The van der Waals surface area contributed by atoms with E-state index in [9.17, 15) is 0 Å². The summed E-state index contributed by atoms with van der Waals surface area (Å²) >= 11 is 0. The van der Waals surface area contributed by atoms with Crippen molar-refractivity contribution in [2.45, 2.75) is 31.9 Å². The van der Waals surface area contributed by atoms with Crippen molar-refractivity contribution >= 4 is 5.90 Å². The zero-order chi connectivity index (χ0) is 18.0.